The van der Waals surface area contributed by atoms with E-state index < -0.39 is 11.9 Å². The monoisotopic (exact) mass is 338 g/mol. The second kappa shape index (κ2) is 11.5. The molecule has 0 aromatic carbocycles. The molecule has 0 amide bonds. The molecule has 0 heterocycles. The van der Waals surface area contributed by atoms with Gasteiger partial charge in [0.05, 0.1) is 12.8 Å². The summed E-state index contributed by atoms with van der Waals surface area (Å²) in [5.74, 6) is 0.723. The van der Waals surface area contributed by atoms with Crippen LogP contribution < -0.4 is 0 Å². The van der Waals surface area contributed by atoms with Crippen LogP contribution in [0.2, 0.25) is 0 Å². The smallest absolute Gasteiger partial charge is 0.247 e. The van der Waals surface area contributed by atoms with Crippen molar-refractivity contribution in [2.45, 2.75) is 103 Å². The highest BCUT2D eigenvalue weighted by Gasteiger charge is 2.16. The third-order valence-corrected chi connectivity index (χ3v) is 5.66. The van der Waals surface area contributed by atoms with Crippen molar-refractivity contribution in [3.05, 3.63) is 0 Å². The number of hydrogen-bond acceptors (Lipinski definition) is 4. The largest absolute Gasteiger partial charge is 0.355 e. The summed E-state index contributed by atoms with van der Waals surface area (Å²) < 4.78 is 0. The lowest BCUT2D eigenvalue weighted by Crippen LogP contribution is -2.13. The van der Waals surface area contributed by atoms with Crippen molar-refractivity contribution in [1.29, 1.82) is 0 Å². The van der Waals surface area contributed by atoms with Gasteiger partial charge < -0.3 is 0 Å². The molecular weight excluding hydrogens is 304 g/mol. The lowest BCUT2D eigenvalue weighted by atomic mass is 9.86. The van der Waals surface area contributed by atoms with E-state index in [-0.39, 0.29) is 0 Å². The Morgan fingerprint density at radius 2 is 1.00 bits per heavy atom. The quantitative estimate of drug-likeness (QED) is 0.434. The molecular formula is C20H34O4. The molecule has 24 heavy (non-hydrogen) atoms. The molecule has 0 aromatic heterocycles. The average Bonchev–Trinajstić information content (AvgIpc) is 2.62. The van der Waals surface area contributed by atoms with Gasteiger partial charge in [0.1, 0.15) is 0 Å². The summed E-state index contributed by atoms with van der Waals surface area (Å²) in [6.07, 6.45) is 17.8. The SMILES string of the molecule is O=C(CCCC1CCCCC1)OOC(=O)CCCC1CCCCC1. The minimum Gasteiger partial charge on any atom is -0.247 e. The highest BCUT2D eigenvalue weighted by molar-refractivity contribution is 5.72. The zero-order valence-electron chi connectivity index (χ0n) is 15.1. The molecule has 2 aliphatic rings. The van der Waals surface area contributed by atoms with Gasteiger partial charge in [-0.25, -0.2) is 19.4 Å². The summed E-state index contributed by atoms with van der Waals surface area (Å²) in [4.78, 5) is 32.5. The van der Waals surface area contributed by atoms with E-state index in [2.05, 4.69) is 9.78 Å². The molecule has 2 rings (SSSR count). The Labute approximate surface area is 146 Å². The van der Waals surface area contributed by atoms with E-state index in [1.165, 1.54) is 64.2 Å². The van der Waals surface area contributed by atoms with Gasteiger partial charge in [0, 0.05) is 0 Å². The molecule has 0 saturated heterocycles. The van der Waals surface area contributed by atoms with Gasteiger partial charge in [0.2, 0.25) is 0 Å². The van der Waals surface area contributed by atoms with Crippen LogP contribution >= 0.6 is 0 Å². The van der Waals surface area contributed by atoms with Gasteiger partial charge in [-0.3, -0.25) is 0 Å². The first kappa shape index (κ1) is 19.3. The molecule has 0 N–H and O–H groups in total. The van der Waals surface area contributed by atoms with Crippen LogP contribution in [-0.4, -0.2) is 11.9 Å². The molecule has 0 aliphatic heterocycles. The molecule has 0 unspecified atom stereocenters. The van der Waals surface area contributed by atoms with Gasteiger partial charge in [-0.1, -0.05) is 64.2 Å². The number of hydrogen-bond donors (Lipinski definition) is 0. The molecule has 2 aliphatic carbocycles. The number of rotatable bonds is 8. The van der Waals surface area contributed by atoms with Crippen LogP contribution in [0, 0.1) is 11.8 Å². The minimum atomic E-state index is -0.411. The summed E-state index contributed by atoms with van der Waals surface area (Å²) in [6, 6.07) is 0. The standard InChI is InChI=1S/C20H34O4/c21-19(15-7-13-17-9-3-1-4-10-17)23-24-20(22)16-8-14-18-11-5-2-6-12-18/h17-18H,1-16H2. The fourth-order valence-electron chi connectivity index (χ4n) is 4.20. The van der Waals surface area contributed by atoms with Crippen LogP contribution in [-0.2, 0) is 19.4 Å². The van der Waals surface area contributed by atoms with E-state index in [1.54, 1.807) is 0 Å². The van der Waals surface area contributed by atoms with Crippen molar-refractivity contribution in [1.82, 2.24) is 0 Å². The van der Waals surface area contributed by atoms with Crippen LogP contribution in [0.5, 0.6) is 0 Å². The van der Waals surface area contributed by atoms with Crippen molar-refractivity contribution in [3.8, 4) is 0 Å². The van der Waals surface area contributed by atoms with Crippen LogP contribution in [0.3, 0.4) is 0 Å². The Morgan fingerprint density at radius 3 is 1.38 bits per heavy atom. The maximum atomic E-state index is 11.6. The van der Waals surface area contributed by atoms with Crippen molar-refractivity contribution < 1.29 is 19.4 Å². The Bertz CT molecular complexity index is 332. The van der Waals surface area contributed by atoms with E-state index in [0.29, 0.717) is 12.8 Å². The molecule has 2 fully saturated rings. The lowest BCUT2D eigenvalue weighted by Gasteiger charge is -2.21. The van der Waals surface area contributed by atoms with Gasteiger partial charge in [0.15, 0.2) is 0 Å². The fraction of sp³-hybridized carbons (Fsp3) is 0.900. The predicted molar refractivity (Wildman–Crippen MR) is 93.0 cm³/mol. The predicted octanol–water partition coefficient (Wildman–Crippen LogP) is 5.49. The van der Waals surface area contributed by atoms with Crippen molar-refractivity contribution in [2.24, 2.45) is 11.8 Å². The number of carbonyl (C=O) groups excluding carboxylic acids is 2. The van der Waals surface area contributed by atoms with Gasteiger partial charge in [-0.15, -0.1) is 0 Å². The Hall–Kier alpha value is -1.06. The molecule has 4 nitrogen and oxygen atoms in total. The highest BCUT2D eigenvalue weighted by Crippen LogP contribution is 2.28. The Kier molecular flexibility index (Phi) is 9.22. The maximum absolute atomic E-state index is 11.6. The highest BCUT2D eigenvalue weighted by atomic mass is 17.2. The van der Waals surface area contributed by atoms with Crippen molar-refractivity contribution >= 4 is 11.9 Å². The topological polar surface area (TPSA) is 52.6 Å². The molecule has 4 heteroatoms. The van der Waals surface area contributed by atoms with Crippen molar-refractivity contribution in [3.63, 3.8) is 0 Å². The zero-order valence-corrected chi connectivity index (χ0v) is 15.1. The molecule has 2 saturated carbocycles. The second-order valence-corrected chi connectivity index (χ2v) is 7.70. The first-order valence-electron chi connectivity index (χ1n) is 10.1. The number of carbonyl (C=O) groups is 2. The summed E-state index contributed by atoms with van der Waals surface area (Å²) in [5.41, 5.74) is 0. The molecule has 0 spiro atoms. The molecule has 138 valence electrons. The third kappa shape index (κ3) is 8.16. The van der Waals surface area contributed by atoms with Crippen LogP contribution in [0.25, 0.3) is 0 Å². The zero-order chi connectivity index (χ0) is 17.0. The Balaban J connectivity index is 1.44. The summed E-state index contributed by atoms with van der Waals surface area (Å²) in [6.45, 7) is 0. The van der Waals surface area contributed by atoms with Gasteiger partial charge in [-0.05, 0) is 37.5 Å². The van der Waals surface area contributed by atoms with Crippen LogP contribution in [0.4, 0.5) is 0 Å². The molecule has 0 atom stereocenters. The molecule has 0 bridgehead atoms. The molecule has 0 radical (unpaired) electrons. The third-order valence-electron chi connectivity index (χ3n) is 5.66. The summed E-state index contributed by atoms with van der Waals surface area (Å²) >= 11 is 0. The second-order valence-electron chi connectivity index (χ2n) is 7.70. The van der Waals surface area contributed by atoms with E-state index in [9.17, 15) is 9.59 Å². The van der Waals surface area contributed by atoms with E-state index in [0.717, 1.165) is 37.5 Å². The van der Waals surface area contributed by atoms with Crippen LogP contribution in [0.15, 0.2) is 0 Å². The molecule has 0 aromatic rings. The fourth-order valence-corrected chi connectivity index (χ4v) is 4.20. The minimum absolute atomic E-state index is 0.353. The first-order chi connectivity index (χ1) is 11.7. The van der Waals surface area contributed by atoms with E-state index in [1.807, 2.05) is 0 Å². The van der Waals surface area contributed by atoms with E-state index in [4.69, 9.17) is 0 Å². The average molecular weight is 338 g/mol. The summed E-state index contributed by atoms with van der Waals surface area (Å²) in [5, 5.41) is 0. The van der Waals surface area contributed by atoms with Gasteiger partial charge in [0.25, 0.3) is 0 Å². The normalized spacial score (nSPS) is 19.8. The van der Waals surface area contributed by atoms with E-state index >= 15 is 0 Å². The Morgan fingerprint density at radius 1 is 0.625 bits per heavy atom. The summed E-state index contributed by atoms with van der Waals surface area (Å²) in [7, 11) is 0. The van der Waals surface area contributed by atoms with Crippen LogP contribution in [0.1, 0.15) is 103 Å². The van der Waals surface area contributed by atoms with Crippen molar-refractivity contribution in [2.75, 3.05) is 0 Å². The lowest BCUT2D eigenvalue weighted by molar-refractivity contribution is -0.259. The maximum Gasteiger partial charge on any atom is 0.355 e. The van der Waals surface area contributed by atoms with Gasteiger partial charge in [-0.2, -0.15) is 0 Å². The van der Waals surface area contributed by atoms with Gasteiger partial charge >= 0.3 is 11.9 Å². The first-order valence-corrected chi connectivity index (χ1v) is 10.1.